The monoisotopic (exact) mass is 705 g/mol. The van der Waals surface area contributed by atoms with E-state index in [1.165, 1.54) is 7.11 Å². The number of sulfonamides is 1. The van der Waals surface area contributed by atoms with Gasteiger partial charge in [0.1, 0.15) is 18.2 Å². The van der Waals surface area contributed by atoms with Crippen LogP contribution in [0.25, 0.3) is 0 Å². The number of anilines is 3. The van der Waals surface area contributed by atoms with Gasteiger partial charge in [0.2, 0.25) is 10.0 Å². The van der Waals surface area contributed by atoms with Crippen molar-refractivity contribution in [1.29, 1.82) is 0 Å². The van der Waals surface area contributed by atoms with Gasteiger partial charge in [-0.05, 0) is 44.3 Å². The predicted molar refractivity (Wildman–Crippen MR) is 178 cm³/mol. The summed E-state index contributed by atoms with van der Waals surface area (Å²) in [6.45, 7) is 5.33. The highest BCUT2D eigenvalue weighted by Gasteiger charge is 2.35. The van der Waals surface area contributed by atoms with Crippen LogP contribution in [0.3, 0.4) is 0 Å². The Morgan fingerprint density at radius 2 is 1.69 bits per heavy atom. The molecule has 2 aliphatic rings. The van der Waals surface area contributed by atoms with Crippen molar-refractivity contribution in [3.63, 3.8) is 0 Å². The van der Waals surface area contributed by atoms with E-state index in [9.17, 15) is 26.8 Å². The quantitative estimate of drug-likeness (QED) is 0.268. The van der Waals surface area contributed by atoms with Crippen LogP contribution >= 0.6 is 0 Å². The van der Waals surface area contributed by atoms with E-state index in [2.05, 4.69) is 32.6 Å². The maximum atomic E-state index is 14.0. The Morgan fingerprint density at radius 3 is 2.37 bits per heavy atom. The molecule has 2 aromatic carbocycles. The van der Waals surface area contributed by atoms with Gasteiger partial charge in [0.15, 0.2) is 5.82 Å². The lowest BCUT2D eigenvalue weighted by atomic mass is 10.1. The van der Waals surface area contributed by atoms with Crippen LogP contribution in [-0.4, -0.2) is 119 Å². The second-order valence-corrected chi connectivity index (χ2v) is 13.9. The molecular weight excluding hydrogens is 664 g/mol. The molecular formula is C32H41F2N7O7S. The second-order valence-electron chi connectivity index (χ2n) is 12.0. The number of ether oxygens (including phenoxy) is 3. The Labute approximate surface area is 283 Å². The van der Waals surface area contributed by atoms with Gasteiger partial charge in [-0.3, -0.25) is 4.79 Å². The number of nitrogens with one attached hydrogen (secondary N) is 2. The molecule has 1 aromatic heterocycles. The van der Waals surface area contributed by atoms with E-state index in [0.29, 0.717) is 24.1 Å². The number of hydrogen-bond donors (Lipinski definition) is 2. The minimum absolute atomic E-state index is 0.00430. The first-order chi connectivity index (χ1) is 23.4. The number of rotatable bonds is 12. The number of fused-ring (bicyclic) bond motifs is 1. The highest BCUT2D eigenvalue weighted by molar-refractivity contribution is 7.89. The van der Waals surface area contributed by atoms with E-state index < -0.39 is 38.6 Å². The van der Waals surface area contributed by atoms with Crippen LogP contribution in [0.5, 0.6) is 0 Å². The maximum Gasteiger partial charge on any atom is 0.435 e. The van der Waals surface area contributed by atoms with Crippen molar-refractivity contribution in [1.82, 2.24) is 19.0 Å². The average Bonchev–Trinajstić information content (AvgIpc) is 3.42. The molecule has 0 aliphatic carbocycles. The second kappa shape index (κ2) is 15.6. The fraction of sp³-hybridized carbons (Fsp3) is 0.469. The molecule has 49 heavy (non-hydrogen) atoms. The number of carbonyl (C=O) groups is 2. The van der Waals surface area contributed by atoms with E-state index >= 15 is 0 Å². The molecule has 0 bridgehead atoms. The largest absolute Gasteiger partial charge is 0.445 e. The minimum Gasteiger partial charge on any atom is -0.445 e. The molecule has 0 radical (unpaired) electrons. The van der Waals surface area contributed by atoms with Crippen LogP contribution in [0, 0.1) is 11.6 Å². The summed E-state index contributed by atoms with van der Waals surface area (Å²) < 4.78 is 72.5. The van der Waals surface area contributed by atoms with Crippen LogP contribution in [0.4, 0.5) is 30.8 Å². The maximum absolute atomic E-state index is 14.0. The Kier molecular flexibility index (Phi) is 11.5. The van der Waals surface area contributed by atoms with Gasteiger partial charge < -0.3 is 34.6 Å². The zero-order chi connectivity index (χ0) is 35.3. The summed E-state index contributed by atoms with van der Waals surface area (Å²) >= 11 is 0. The number of likely N-dealkylation sites (N-methyl/N-ethyl adjacent to an activating group) is 1. The molecule has 0 saturated carbocycles. The highest BCUT2D eigenvalue weighted by atomic mass is 32.2. The lowest BCUT2D eigenvalue weighted by molar-refractivity contribution is 0.0967. The smallest absolute Gasteiger partial charge is 0.435 e. The summed E-state index contributed by atoms with van der Waals surface area (Å²) in [6, 6.07) is 7.36. The molecule has 17 heteroatoms. The Bertz CT molecular complexity index is 1760. The zero-order valence-electron chi connectivity index (χ0n) is 27.9. The summed E-state index contributed by atoms with van der Waals surface area (Å²) in [5, 5.41) is 10.5. The van der Waals surface area contributed by atoms with Gasteiger partial charge in [-0.2, -0.15) is 8.99 Å². The van der Waals surface area contributed by atoms with Crippen molar-refractivity contribution in [2.75, 3.05) is 89.3 Å². The molecule has 0 spiro atoms. The van der Waals surface area contributed by atoms with Crippen molar-refractivity contribution < 1.29 is 41.0 Å². The Hall–Kier alpha value is -4.16. The predicted octanol–water partition coefficient (Wildman–Crippen LogP) is 2.99. The lowest BCUT2D eigenvalue weighted by Gasteiger charge is -2.34. The molecule has 0 unspecified atom stereocenters. The fourth-order valence-electron chi connectivity index (χ4n) is 5.79. The first-order valence-electron chi connectivity index (χ1n) is 15.8. The van der Waals surface area contributed by atoms with Crippen LogP contribution in [0.15, 0.2) is 41.3 Å². The number of aromatic nitrogens is 2. The zero-order valence-corrected chi connectivity index (χ0v) is 28.7. The number of halogens is 2. The standard InChI is InChI=1S/C32H41F2N7O7S/c1-21(20-47-4)35-28-18-24(39-11-9-38(2)10-12-39)5-6-26(28)31(42)36-30-27-19-40(49(44,45)25-16-22(33)15-23(34)17-25)8-7-29(27)41(37-30)32(43)48-14-13-46-3/h5-6,15-18,21,35H,7-14,19-20H2,1-4H3,(H,36,37,42)/t21-/m1/s1. The van der Waals surface area contributed by atoms with E-state index in [-0.39, 0.29) is 55.7 Å². The fourth-order valence-corrected chi connectivity index (χ4v) is 7.25. The normalized spacial score (nSPS) is 16.2. The SMILES string of the molecule is COCCOC(=O)n1nc(NC(=O)c2ccc(N3CCN(C)CC3)cc2N[C@H](C)COC)c2c1CCN(S(=O)(=O)c1cc(F)cc(F)c1)C2. The van der Waals surface area contributed by atoms with Gasteiger partial charge in [-0.15, -0.1) is 5.10 Å². The van der Waals surface area contributed by atoms with Gasteiger partial charge in [-0.1, -0.05) is 0 Å². The highest BCUT2D eigenvalue weighted by Crippen LogP contribution is 2.32. The van der Waals surface area contributed by atoms with Gasteiger partial charge in [0, 0.05) is 89.0 Å². The number of hydrogen-bond acceptors (Lipinski definition) is 11. The molecule has 1 fully saturated rings. The Balaban J connectivity index is 1.48. The third-order valence-corrected chi connectivity index (χ3v) is 10.2. The first kappa shape index (κ1) is 36.1. The van der Waals surface area contributed by atoms with Crippen molar-refractivity contribution in [2.45, 2.75) is 30.8 Å². The molecule has 2 aliphatic heterocycles. The van der Waals surface area contributed by atoms with Gasteiger partial charge in [-0.25, -0.2) is 22.0 Å². The molecule has 266 valence electrons. The van der Waals surface area contributed by atoms with Crippen molar-refractivity contribution >= 4 is 39.2 Å². The number of amides is 1. The third-order valence-electron chi connectivity index (χ3n) is 8.35. The number of piperazine rings is 1. The lowest BCUT2D eigenvalue weighted by Crippen LogP contribution is -2.44. The third kappa shape index (κ3) is 8.36. The van der Waals surface area contributed by atoms with Crippen LogP contribution < -0.4 is 15.5 Å². The van der Waals surface area contributed by atoms with Crippen molar-refractivity contribution in [3.8, 4) is 0 Å². The molecule has 5 rings (SSSR count). The van der Waals surface area contributed by atoms with Crippen molar-refractivity contribution in [2.24, 2.45) is 0 Å². The molecule has 1 amide bonds. The number of nitrogens with zero attached hydrogens (tertiary/aromatic N) is 5. The number of carbonyl (C=O) groups excluding carboxylic acids is 2. The number of methoxy groups -OCH3 is 2. The van der Waals surface area contributed by atoms with Crippen molar-refractivity contribution in [3.05, 3.63) is 64.9 Å². The van der Waals surface area contributed by atoms with Gasteiger partial charge >= 0.3 is 6.09 Å². The van der Waals surface area contributed by atoms with E-state index in [1.54, 1.807) is 13.2 Å². The summed E-state index contributed by atoms with van der Waals surface area (Å²) in [5.41, 5.74) is 2.32. The molecule has 3 aromatic rings. The number of benzene rings is 2. The molecule has 1 atom stereocenters. The Morgan fingerprint density at radius 1 is 0.980 bits per heavy atom. The average molecular weight is 706 g/mol. The van der Waals surface area contributed by atoms with E-state index in [1.807, 2.05) is 19.1 Å². The summed E-state index contributed by atoms with van der Waals surface area (Å²) in [4.78, 5) is 30.9. The van der Waals surface area contributed by atoms with Gasteiger partial charge in [0.05, 0.1) is 29.4 Å². The molecule has 3 heterocycles. The van der Waals surface area contributed by atoms with Crippen LogP contribution in [0.1, 0.15) is 28.5 Å². The molecule has 2 N–H and O–H groups in total. The molecule has 14 nitrogen and oxygen atoms in total. The minimum atomic E-state index is -4.38. The summed E-state index contributed by atoms with van der Waals surface area (Å²) in [6.07, 6.45) is -0.847. The summed E-state index contributed by atoms with van der Waals surface area (Å²) in [5.74, 6) is -2.71. The first-order valence-corrected chi connectivity index (χ1v) is 17.2. The van der Waals surface area contributed by atoms with E-state index in [0.717, 1.165) is 53.0 Å². The van der Waals surface area contributed by atoms with Gasteiger partial charge in [0.25, 0.3) is 5.91 Å². The van der Waals surface area contributed by atoms with Crippen LogP contribution in [-0.2, 0) is 37.2 Å². The topological polar surface area (TPSA) is 148 Å². The van der Waals surface area contributed by atoms with Crippen LogP contribution in [0.2, 0.25) is 0 Å². The summed E-state index contributed by atoms with van der Waals surface area (Å²) in [7, 11) is 0.726. The molecule has 1 saturated heterocycles. The van der Waals surface area contributed by atoms with E-state index in [4.69, 9.17) is 14.2 Å².